The van der Waals surface area contributed by atoms with Crippen LogP contribution in [0, 0.1) is 0 Å². The summed E-state index contributed by atoms with van der Waals surface area (Å²) in [5.41, 5.74) is 4.59. The second kappa shape index (κ2) is 7.24. The average molecular weight is 371 g/mol. The van der Waals surface area contributed by atoms with Crippen molar-refractivity contribution in [1.82, 2.24) is 4.57 Å². The molecule has 0 N–H and O–H groups in total. The molecule has 0 radical (unpaired) electrons. The maximum absolute atomic E-state index is 12.0. The Kier molecular flexibility index (Phi) is 4.62. The van der Waals surface area contributed by atoms with E-state index < -0.39 is 0 Å². The molecule has 0 aliphatic heterocycles. The highest BCUT2D eigenvalue weighted by Crippen LogP contribution is 2.50. The highest BCUT2D eigenvalue weighted by molar-refractivity contribution is 6.08. The highest BCUT2D eigenvalue weighted by atomic mass is 16.5. The van der Waals surface area contributed by atoms with Gasteiger partial charge in [0.1, 0.15) is 5.75 Å². The van der Waals surface area contributed by atoms with Gasteiger partial charge in [0.2, 0.25) is 0 Å². The van der Waals surface area contributed by atoms with Gasteiger partial charge in [0.25, 0.3) is 0 Å². The van der Waals surface area contributed by atoms with Gasteiger partial charge in [0, 0.05) is 36.7 Å². The summed E-state index contributed by atoms with van der Waals surface area (Å²) in [6, 6.07) is 21.9. The number of carbonyl (C=O) groups excluding carboxylic acids is 1. The largest absolute Gasteiger partial charge is 0.494 e. The van der Waals surface area contributed by atoms with Crippen molar-refractivity contribution < 1.29 is 14.3 Å². The summed E-state index contributed by atoms with van der Waals surface area (Å²) >= 11 is 0. The van der Waals surface area contributed by atoms with Crippen molar-refractivity contribution in [3.05, 3.63) is 72.9 Å². The monoisotopic (exact) mass is 371 g/mol. The molecule has 0 aliphatic rings. The lowest BCUT2D eigenvalue weighted by molar-refractivity contribution is -0.131. The second-order valence-corrected chi connectivity index (χ2v) is 6.63. The topological polar surface area (TPSA) is 40.5 Å². The lowest BCUT2D eigenvalue weighted by Crippen LogP contribution is -2.06. The van der Waals surface area contributed by atoms with Crippen molar-refractivity contribution in [3.8, 4) is 33.8 Å². The number of carbonyl (C=O) groups is 1. The molecule has 0 bridgehead atoms. The van der Waals surface area contributed by atoms with Gasteiger partial charge in [-0.3, -0.25) is 4.79 Å². The number of nitrogens with zero attached hydrogens (tertiary/aromatic N) is 1. The molecule has 0 spiro atoms. The Morgan fingerprint density at radius 3 is 1.86 bits per heavy atom. The molecular weight excluding hydrogens is 350 g/mol. The lowest BCUT2D eigenvalue weighted by atomic mass is 9.91. The van der Waals surface area contributed by atoms with E-state index in [9.17, 15) is 4.79 Å². The first-order valence-electron chi connectivity index (χ1n) is 9.10. The summed E-state index contributed by atoms with van der Waals surface area (Å²) < 4.78 is 13.7. The number of esters is 1. The van der Waals surface area contributed by atoms with E-state index in [2.05, 4.69) is 0 Å². The first-order chi connectivity index (χ1) is 13.6. The van der Waals surface area contributed by atoms with Crippen molar-refractivity contribution in [2.45, 2.75) is 6.92 Å². The van der Waals surface area contributed by atoms with Crippen LogP contribution in [0.25, 0.3) is 33.2 Å². The van der Waals surface area contributed by atoms with Gasteiger partial charge < -0.3 is 14.0 Å². The van der Waals surface area contributed by atoms with Crippen LogP contribution in [0.1, 0.15) is 6.92 Å². The fraction of sp³-hybridized carbons (Fsp3) is 0.125. The van der Waals surface area contributed by atoms with E-state index >= 15 is 0 Å². The second-order valence-electron chi connectivity index (χ2n) is 6.63. The van der Waals surface area contributed by atoms with Gasteiger partial charge in [-0.15, -0.1) is 0 Å². The number of methoxy groups -OCH3 is 1. The van der Waals surface area contributed by atoms with Crippen molar-refractivity contribution in [2.24, 2.45) is 7.05 Å². The third-order valence-corrected chi connectivity index (χ3v) is 4.81. The van der Waals surface area contributed by atoms with Crippen LogP contribution >= 0.6 is 0 Å². The van der Waals surface area contributed by atoms with E-state index in [1.807, 2.05) is 84.5 Å². The van der Waals surface area contributed by atoms with Crippen LogP contribution in [0.15, 0.2) is 72.9 Å². The molecule has 0 aliphatic carbocycles. The van der Waals surface area contributed by atoms with E-state index in [-0.39, 0.29) is 5.97 Å². The number of fused-ring (bicyclic) bond motifs is 1. The maximum Gasteiger partial charge on any atom is 0.308 e. The number of rotatable bonds is 4. The minimum atomic E-state index is -0.355. The zero-order valence-corrected chi connectivity index (χ0v) is 16.1. The Balaban J connectivity index is 2.23. The maximum atomic E-state index is 12.0. The molecule has 4 heteroatoms. The number of hydrogen-bond acceptors (Lipinski definition) is 3. The van der Waals surface area contributed by atoms with Gasteiger partial charge in [-0.05, 0) is 17.2 Å². The van der Waals surface area contributed by atoms with Crippen LogP contribution in [0.2, 0.25) is 0 Å². The van der Waals surface area contributed by atoms with E-state index in [0.29, 0.717) is 5.75 Å². The molecule has 4 aromatic rings. The normalized spacial score (nSPS) is 10.8. The van der Waals surface area contributed by atoms with Crippen LogP contribution in [-0.4, -0.2) is 17.6 Å². The minimum absolute atomic E-state index is 0.355. The van der Waals surface area contributed by atoms with Crippen LogP contribution in [0.4, 0.5) is 0 Å². The van der Waals surface area contributed by atoms with Crippen LogP contribution in [-0.2, 0) is 11.8 Å². The number of ether oxygens (including phenoxy) is 2. The van der Waals surface area contributed by atoms with Crippen LogP contribution in [0.3, 0.4) is 0 Å². The third kappa shape index (κ3) is 2.93. The van der Waals surface area contributed by atoms with Gasteiger partial charge >= 0.3 is 5.97 Å². The predicted molar refractivity (Wildman–Crippen MR) is 112 cm³/mol. The zero-order valence-electron chi connectivity index (χ0n) is 16.1. The van der Waals surface area contributed by atoms with E-state index in [1.165, 1.54) is 6.92 Å². The SMILES string of the molecule is COc1c(-c2ccccc2)c(-c2ccccc2)c(OC(C)=O)c2ccn(C)c12. The number of hydrogen-bond donors (Lipinski definition) is 0. The summed E-state index contributed by atoms with van der Waals surface area (Å²) in [6.45, 7) is 1.43. The Bertz CT molecular complexity index is 1150. The fourth-order valence-electron chi connectivity index (χ4n) is 3.68. The first-order valence-corrected chi connectivity index (χ1v) is 9.10. The zero-order chi connectivity index (χ0) is 19.7. The Morgan fingerprint density at radius 2 is 1.36 bits per heavy atom. The van der Waals surface area contributed by atoms with Crippen LogP contribution in [0.5, 0.6) is 11.5 Å². The van der Waals surface area contributed by atoms with Gasteiger partial charge in [-0.1, -0.05) is 60.7 Å². The molecule has 0 saturated carbocycles. The van der Waals surface area contributed by atoms with Gasteiger partial charge in [0.05, 0.1) is 12.6 Å². The van der Waals surface area contributed by atoms with E-state index in [0.717, 1.165) is 38.9 Å². The standard InChI is InChI=1S/C24H21NO3/c1-16(26)28-23-19-14-15-25(2)22(19)24(27-3)21(18-12-8-5-9-13-18)20(23)17-10-6-4-7-11-17/h4-15H,1-3H3. The van der Waals surface area contributed by atoms with Gasteiger partial charge in [0.15, 0.2) is 5.75 Å². The quantitative estimate of drug-likeness (QED) is 0.354. The van der Waals surface area contributed by atoms with E-state index in [4.69, 9.17) is 9.47 Å². The fourth-order valence-corrected chi connectivity index (χ4v) is 3.68. The Labute approximate surface area is 163 Å². The summed E-state index contributed by atoms with van der Waals surface area (Å²) in [5.74, 6) is 0.948. The number of benzene rings is 3. The molecule has 3 aromatic carbocycles. The third-order valence-electron chi connectivity index (χ3n) is 4.81. The molecule has 0 unspecified atom stereocenters. The molecule has 0 saturated heterocycles. The predicted octanol–water partition coefficient (Wildman–Crippen LogP) is 5.45. The number of aromatic nitrogens is 1. The molecule has 4 nitrogen and oxygen atoms in total. The van der Waals surface area contributed by atoms with Crippen molar-refractivity contribution in [2.75, 3.05) is 7.11 Å². The van der Waals surface area contributed by atoms with Gasteiger partial charge in [-0.25, -0.2) is 0 Å². The molecule has 28 heavy (non-hydrogen) atoms. The molecule has 4 rings (SSSR count). The molecule has 140 valence electrons. The van der Waals surface area contributed by atoms with Gasteiger partial charge in [-0.2, -0.15) is 0 Å². The molecular formula is C24H21NO3. The summed E-state index contributed by atoms with van der Waals surface area (Å²) in [6.07, 6.45) is 1.95. The summed E-state index contributed by atoms with van der Waals surface area (Å²) in [5, 5.41) is 0.841. The average Bonchev–Trinajstić information content (AvgIpc) is 3.10. The van der Waals surface area contributed by atoms with Crippen LogP contribution < -0.4 is 9.47 Å². The van der Waals surface area contributed by atoms with Crippen molar-refractivity contribution in [3.63, 3.8) is 0 Å². The van der Waals surface area contributed by atoms with Crippen molar-refractivity contribution >= 4 is 16.9 Å². The van der Waals surface area contributed by atoms with Crippen molar-refractivity contribution in [1.29, 1.82) is 0 Å². The van der Waals surface area contributed by atoms with E-state index in [1.54, 1.807) is 7.11 Å². The molecule has 1 aromatic heterocycles. The highest BCUT2D eigenvalue weighted by Gasteiger charge is 2.26. The molecule has 0 fully saturated rings. The minimum Gasteiger partial charge on any atom is -0.494 e. The molecule has 1 heterocycles. The first kappa shape index (κ1) is 17.9. The number of aryl methyl sites for hydroxylation is 1. The molecule has 0 atom stereocenters. The smallest absolute Gasteiger partial charge is 0.308 e. The lowest BCUT2D eigenvalue weighted by Gasteiger charge is -2.20. The Morgan fingerprint density at radius 1 is 0.821 bits per heavy atom. The molecule has 0 amide bonds. The summed E-state index contributed by atoms with van der Waals surface area (Å²) in [7, 11) is 3.63. The Hall–Kier alpha value is -3.53. The summed E-state index contributed by atoms with van der Waals surface area (Å²) in [4.78, 5) is 12.0.